The van der Waals surface area contributed by atoms with Crippen molar-refractivity contribution >= 4 is 5.82 Å². The van der Waals surface area contributed by atoms with Crippen LogP contribution in [0.1, 0.15) is 18.5 Å². The fraction of sp³-hybridized carbons (Fsp3) is 0.636. The highest BCUT2D eigenvalue weighted by Crippen LogP contribution is 2.18. The van der Waals surface area contributed by atoms with Crippen LogP contribution in [0, 0.1) is 6.92 Å². The Kier molecular flexibility index (Phi) is 3.16. The van der Waals surface area contributed by atoms with Crippen LogP contribution in [0.4, 0.5) is 5.82 Å². The van der Waals surface area contributed by atoms with Crippen LogP contribution in [0.2, 0.25) is 0 Å². The Morgan fingerprint density at radius 2 is 2.07 bits per heavy atom. The minimum absolute atomic E-state index is 0.549. The van der Waals surface area contributed by atoms with Crippen molar-refractivity contribution in [1.82, 2.24) is 9.97 Å². The molecule has 0 bridgehead atoms. The fourth-order valence-electron chi connectivity index (χ4n) is 1.89. The number of aryl methyl sites for hydroxylation is 1. The highest BCUT2D eigenvalue weighted by molar-refractivity contribution is 5.38. The lowest BCUT2D eigenvalue weighted by atomic mass is 10.1. The van der Waals surface area contributed by atoms with E-state index in [2.05, 4.69) is 21.9 Å². The lowest BCUT2D eigenvalue weighted by Crippen LogP contribution is -2.37. The van der Waals surface area contributed by atoms with Gasteiger partial charge in [0.15, 0.2) is 0 Å². The smallest absolute Gasteiger partial charge is 0.132 e. The quantitative estimate of drug-likeness (QED) is 0.734. The molecular formula is C11H17N3O. The second kappa shape index (κ2) is 4.57. The van der Waals surface area contributed by atoms with Gasteiger partial charge in [-0.25, -0.2) is 9.97 Å². The van der Waals surface area contributed by atoms with Crippen molar-refractivity contribution in [2.75, 3.05) is 25.2 Å². The number of ether oxygens (including phenoxy) is 1. The number of anilines is 1. The van der Waals surface area contributed by atoms with Crippen LogP contribution in [0.3, 0.4) is 0 Å². The summed E-state index contributed by atoms with van der Waals surface area (Å²) in [7, 11) is 2.10. The van der Waals surface area contributed by atoms with Crippen LogP contribution < -0.4 is 4.90 Å². The first-order chi connectivity index (χ1) is 7.27. The summed E-state index contributed by atoms with van der Waals surface area (Å²) in [6.07, 6.45) is 3.79. The molecule has 1 aliphatic rings. The highest BCUT2D eigenvalue weighted by Gasteiger charge is 2.19. The molecule has 0 aromatic carbocycles. The van der Waals surface area contributed by atoms with E-state index < -0.39 is 0 Å². The molecule has 0 aliphatic carbocycles. The third-order valence-corrected chi connectivity index (χ3v) is 2.89. The molecular weight excluding hydrogens is 190 g/mol. The minimum atomic E-state index is 0.549. The van der Waals surface area contributed by atoms with Gasteiger partial charge in [-0.15, -0.1) is 0 Å². The van der Waals surface area contributed by atoms with Crippen molar-refractivity contribution in [3.05, 3.63) is 18.1 Å². The summed E-state index contributed by atoms with van der Waals surface area (Å²) >= 11 is 0. The van der Waals surface area contributed by atoms with Crippen LogP contribution >= 0.6 is 0 Å². The van der Waals surface area contributed by atoms with E-state index in [1.165, 1.54) is 0 Å². The summed E-state index contributed by atoms with van der Waals surface area (Å²) in [6, 6.07) is 2.57. The second-order valence-corrected chi connectivity index (χ2v) is 3.97. The van der Waals surface area contributed by atoms with Crippen LogP contribution in [0.15, 0.2) is 12.4 Å². The van der Waals surface area contributed by atoms with Crippen LogP contribution in [-0.4, -0.2) is 36.3 Å². The zero-order valence-electron chi connectivity index (χ0n) is 9.31. The predicted molar refractivity (Wildman–Crippen MR) is 59.0 cm³/mol. The van der Waals surface area contributed by atoms with Crippen molar-refractivity contribution in [3.8, 4) is 0 Å². The van der Waals surface area contributed by atoms with Gasteiger partial charge >= 0.3 is 0 Å². The average Bonchev–Trinajstić information content (AvgIpc) is 2.29. The molecule has 4 nitrogen and oxygen atoms in total. The van der Waals surface area contributed by atoms with Gasteiger partial charge in [0, 0.05) is 38.1 Å². The Balaban J connectivity index is 2.08. The molecule has 15 heavy (non-hydrogen) atoms. The van der Waals surface area contributed by atoms with Crippen molar-refractivity contribution < 1.29 is 4.74 Å². The molecule has 0 amide bonds. The van der Waals surface area contributed by atoms with Gasteiger partial charge in [0.1, 0.15) is 12.1 Å². The Morgan fingerprint density at radius 1 is 1.33 bits per heavy atom. The zero-order chi connectivity index (χ0) is 10.7. The van der Waals surface area contributed by atoms with E-state index in [-0.39, 0.29) is 0 Å². The second-order valence-electron chi connectivity index (χ2n) is 3.97. The molecule has 1 aromatic heterocycles. The molecule has 0 spiro atoms. The number of hydrogen-bond donors (Lipinski definition) is 0. The van der Waals surface area contributed by atoms with E-state index in [1.54, 1.807) is 6.33 Å². The monoisotopic (exact) mass is 207 g/mol. The van der Waals surface area contributed by atoms with Gasteiger partial charge in [0.25, 0.3) is 0 Å². The van der Waals surface area contributed by atoms with Crippen molar-refractivity contribution in [2.24, 2.45) is 0 Å². The third-order valence-electron chi connectivity index (χ3n) is 2.89. The largest absolute Gasteiger partial charge is 0.381 e. The molecule has 1 aromatic rings. The van der Waals surface area contributed by atoms with Crippen LogP contribution in [0.5, 0.6) is 0 Å². The van der Waals surface area contributed by atoms with E-state index in [9.17, 15) is 0 Å². The molecule has 2 heterocycles. The number of rotatable bonds is 2. The molecule has 0 saturated carbocycles. The molecule has 0 unspecified atom stereocenters. The number of nitrogens with zero attached hydrogens (tertiary/aromatic N) is 3. The first-order valence-electron chi connectivity index (χ1n) is 5.36. The van der Waals surface area contributed by atoms with Crippen LogP contribution in [-0.2, 0) is 4.74 Å². The topological polar surface area (TPSA) is 38.2 Å². The summed E-state index contributed by atoms with van der Waals surface area (Å²) in [5, 5.41) is 0. The van der Waals surface area contributed by atoms with Crippen molar-refractivity contribution in [1.29, 1.82) is 0 Å². The standard InChI is InChI=1S/C11H17N3O/c1-9-7-11(13-8-12-9)14(2)10-3-5-15-6-4-10/h7-8,10H,3-6H2,1-2H3. The highest BCUT2D eigenvalue weighted by atomic mass is 16.5. The molecule has 82 valence electrons. The first-order valence-corrected chi connectivity index (χ1v) is 5.36. The van der Waals surface area contributed by atoms with E-state index in [0.717, 1.165) is 37.6 Å². The summed E-state index contributed by atoms with van der Waals surface area (Å²) < 4.78 is 5.35. The summed E-state index contributed by atoms with van der Waals surface area (Å²) in [5.74, 6) is 1.01. The van der Waals surface area contributed by atoms with Gasteiger partial charge in [-0.2, -0.15) is 0 Å². The maximum atomic E-state index is 5.35. The Labute approximate surface area is 90.3 Å². The Morgan fingerprint density at radius 3 is 2.73 bits per heavy atom. The minimum Gasteiger partial charge on any atom is -0.381 e. The van der Waals surface area contributed by atoms with Crippen LogP contribution in [0.25, 0.3) is 0 Å². The summed E-state index contributed by atoms with van der Waals surface area (Å²) in [5.41, 5.74) is 1.01. The summed E-state index contributed by atoms with van der Waals surface area (Å²) in [6.45, 7) is 3.71. The lowest BCUT2D eigenvalue weighted by molar-refractivity contribution is 0.0853. The normalized spacial score (nSPS) is 17.7. The third kappa shape index (κ3) is 2.45. The maximum Gasteiger partial charge on any atom is 0.132 e. The van der Waals surface area contributed by atoms with Gasteiger partial charge < -0.3 is 9.64 Å². The zero-order valence-corrected chi connectivity index (χ0v) is 9.31. The average molecular weight is 207 g/mol. The van der Waals surface area contributed by atoms with Crippen molar-refractivity contribution in [3.63, 3.8) is 0 Å². The lowest BCUT2D eigenvalue weighted by Gasteiger charge is -2.31. The van der Waals surface area contributed by atoms with E-state index in [0.29, 0.717) is 6.04 Å². The van der Waals surface area contributed by atoms with E-state index in [1.807, 2.05) is 13.0 Å². The Hall–Kier alpha value is -1.16. The van der Waals surface area contributed by atoms with Gasteiger partial charge in [0.05, 0.1) is 0 Å². The number of aromatic nitrogens is 2. The molecule has 0 N–H and O–H groups in total. The molecule has 2 rings (SSSR count). The first kappa shape index (κ1) is 10.4. The molecule has 1 aliphatic heterocycles. The van der Waals surface area contributed by atoms with Gasteiger partial charge in [-0.05, 0) is 19.8 Å². The van der Waals surface area contributed by atoms with Gasteiger partial charge in [-0.1, -0.05) is 0 Å². The molecule has 1 fully saturated rings. The number of hydrogen-bond acceptors (Lipinski definition) is 4. The van der Waals surface area contributed by atoms with Gasteiger partial charge in [0.2, 0.25) is 0 Å². The van der Waals surface area contributed by atoms with E-state index >= 15 is 0 Å². The SMILES string of the molecule is Cc1cc(N(C)C2CCOCC2)ncn1. The molecule has 0 radical (unpaired) electrons. The van der Waals surface area contributed by atoms with Crippen molar-refractivity contribution in [2.45, 2.75) is 25.8 Å². The summed E-state index contributed by atoms with van der Waals surface area (Å²) in [4.78, 5) is 10.6. The predicted octanol–water partition coefficient (Wildman–Crippen LogP) is 1.40. The molecule has 0 atom stereocenters. The Bertz CT molecular complexity index is 323. The fourth-order valence-corrected chi connectivity index (χ4v) is 1.89. The molecule has 1 saturated heterocycles. The van der Waals surface area contributed by atoms with Gasteiger partial charge in [-0.3, -0.25) is 0 Å². The molecule has 4 heteroatoms. The maximum absolute atomic E-state index is 5.35. The van der Waals surface area contributed by atoms with E-state index in [4.69, 9.17) is 4.74 Å².